The monoisotopic (exact) mass is 222 g/mol. The van der Waals surface area contributed by atoms with E-state index < -0.39 is 0 Å². The number of hydrogen-bond acceptors (Lipinski definition) is 1. The van der Waals surface area contributed by atoms with Gasteiger partial charge in [0, 0.05) is 29.3 Å². The van der Waals surface area contributed by atoms with Crippen LogP contribution in [0.4, 0.5) is 5.69 Å². The molecule has 0 radical (unpaired) electrons. The molecule has 0 unspecified atom stereocenters. The summed E-state index contributed by atoms with van der Waals surface area (Å²) in [6.45, 7) is 0. The molecule has 2 nitrogen and oxygen atoms in total. The van der Waals surface area contributed by atoms with Crippen LogP contribution in [0.15, 0.2) is 54.6 Å². The highest BCUT2D eigenvalue weighted by atomic mass is 14.8. The molecule has 3 aromatic rings. The number of aromatic amines is 1. The fourth-order valence-corrected chi connectivity index (χ4v) is 2.06. The number of benzene rings is 2. The zero-order chi connectivity index (χ0) is 11.7. The number of hydrogen-bond donors (Lipinski definition) is 2. The number of aromatic nitrogens is 1. The topological polar surface area (TPSA) is 27.8 Å². The van der Waals surface area contributed by atoms with E-state index in [-0.39, 0.29) is 0 Å². The summed E-state index contributed by atoms with van der Waals surface area (Å²) in [6, 6.07) is 18.9. The van der Waals surface area contributed by atoms with Gasteiger partial charge in [-0.3, -0.25) is 0 Å². The Labute approximate surface area is 100 Å². The molecule has 2 aromatic carbocycles. The van der Waals surface area contributed by atoms with Crippen molar-refractivity contribution in [1.82, 2.24) is 4.98 Å². The van der Waals surface area contributed by atoms with E-state index >= 15 is 0 Å². The predicted octanol–water partition coefficient (Wildman–Crippen LogP) is 3.88. The molecule has 1 aromatic heterocycles. The quantitative estimate of drug-likeness (QED) is 0.676. The van der Waals surface area contributed by atoms with E-state index in [1.54, 1.807) is 0 Å². The Morgan fingerprint density at radius 1 is 0.941 bits per heavy atom. The predicted molar refractivity (Wildman–Crippen MR) is 73.3 cm³/mol. The molecular formula is C15H14N2. The lowest BCUT2D eigenvalue weighted by Gasteiger charge is -1.97. The smallest absolute Gasteiger partial charge is 0.0464 e. The third-order valence-corrected chi connectivity index (χ3v) is 2.99. The lowest BCUT2D eigenvalue weighted by molar-refractivity contribution is 1.45. The van der Waals surface area contributed by atoms with Gasteiger partial charge in [0.25, 0.3) is 0 Å². The van der Waals surface area contributed by atoms with Crippen LogP contribution in [0.3, 0.4) is 0 Å². The summed E-state index contributed by atoms with van der Waals surface area (Å²) in [4.78, 5) is 3.44. The van der Waals surface area contributed by atoms with Crippen LogP contribution < -0.4 is 5.32 Å². The van der Waals surface area contributed by atoms with E-state index in [9.17, 15) is 0 Å². The first-order chi connectivity index (χ1) is 8.36. The summed E-state index contributed by atoms with van der Waals surface area (Å²) in [7, 11) is 1.94. The molecule has 0 saturated carbocycles. The minimum atomic E-state index is 1.14. The van der Waals surface area contributed by atoms with Crippen LogP contribution in [-0.4, -0.2) is 12.0 Å². The summed E-state index contributed by atoms with van der Waals surface area (Å²) < 4.78 is 0. The van der Waals surface area contributed by atoms with Crippen LogP contribution in [0.25, 0.3) is 22.2 Å². The summed E-state index contributed by atoms with van der Waals surface area (Å²) in [6.07, 6.45) is 0. The van der Waals surface area contributed by atoms with Crippen molar-refractivity contribution in [2.75, 3.05) is 12.4 Å². The molecule has 84 valence electrons. The highest BCUT2D eigenvalue weighted by Gasteiger charge is 2.02. The van der Waals surface area contributed by atoms with Crippen LogP contribution >= 0.6 is 0 Å². The highest BCUT2D eigenvalue weighted by molar-refractivity contribution is 5.88. The number of rotatable bonds is 2. The molecular weight excluding hydrogens is 208 g/mol. The molecule has 0 saturated heterocycles. The van der Waals surface area contributed by atoms with Gasteiger partial charge >= 0.3 is 0 Å². The molecule has 0 atom stereocenters. The maximum absolute atomic E-state index is 3.44. The Kier molecular flexibility index (Phi) is 2.33. The second-order valence-electron chi connectivity index (χ2n) is 4.10. The van der Waals surface area contributed by atoms with Crippen LogP contribution in [-0.2, 0) is 0 Å². The number of fused-ring (bicyclic) bond motifs is 1. The van der Waals surface area contributed by atoms with Crippen LogP contribution in [0.5, 0.6) is 0 Å². The van der Waals surface area contributed by atoms with Gasteiger partial charge in [0.05, 0.1) is 0 Å². The maximum atomic E-state index is 3.44. The Bertz CT molecular complexity index is 638. The average Bonchev–Trinajstić information content (AvgIpc) is 2.82. The molecule has 2 heteroatoms. The molecule has 0 amide bonds. The second kappa shape index (κ2) is 3.98. The van der Waals surface area contributed by atoms with E-state index in [2.05, 4.69) is 58.8 Å². The first-order valence-electron chi connectivity index (χ1n) is 5.73. The molecule has 1 heterocycles. The molecule has 3 rings (SSSR count). The van der Waals surface area contributed by atoms with Crippen molar-refractivity contribution in [2.45, 2.75) is 0 Å². The van der Waals surface area contributed by atoms with Crippen molar-refractivity contribution in [3.8, 4) is 11.3 Å². The third kappa shape index (κ3) is 1.78. The third-order valence-electron chi connectivity index (χ3n) is 2.99. The molecule has 0 aliphatic carbocycles. The average molecular weight is 222 g/mol. The summed E-state index contributed by atoms with van der Waals surface area (Å²) >= 11 is 0. The zero-order valence-corrected chi connectivity index (χ0v) is 9.70. The minimum absolute atomic E-state index is 1.14. The van der Waals surface area contributed by atoms with Crippen LogP contribution in [0.1, 0.15) is 0 Å². The van der Waals surface area contributed by atoms with Crippen molar-refractivity contribution in [3.63, 3.8) is 0 Å². The number of nitrogens with one attached hydrogen (secondary N) is 2. The van der Waals surface area contributed by atoms with E-state index in [0.717, 1.165) is 11.4 Å². The van der Waals surface area contributed by atoms with Gasteiger partial charge in [-0.1, -0.05) is 30.3 Å². The van der Waals surface area contributed by atoms with Gasteiger partial charge in [-0.05, 0) is 29.8 Å². The summed E-state index contributed by atoms with van der Waals surface area (Å²) in [5, 5.41) is 4.39. The maximum Gasteiger partial charge on any atom is 0.0464 e. The van der Waals surface area contributed by atoms with Gasteiger partial charge < -0.3 is 10.3 Å². The van der Waals surface area contributed by atoms with E-state index in [0.29, 0.717) is 0 Å². The minimum Gasteiger partial charge on any atom is -0.388 e. The fourth-order valence-electron chi connectivity index (χ4n) is 2.06. The number of H-pyrrole nitrogens is 1. The van der Waals surface area contributed by atoms with Crippen LogP contribution in [0.2, 0.25) is 0 Å². The Morgan fingerprint density at radius 3 is 2.53 bits per heavy atom. The Hall–Kier alpha value is -2.22. The largest absolute Gasteiger partial charge is 0.388 e. The van der Waals surface area contributed by atoms with Crippen LogP contribution in [0, 0.1) is 0 Å². The van der Waals surface area contributed by atoms with Gasteiger partial charge in [-0.15, -0.1) is 0 Å². The van der Waals surface area contributed by atoms with Gasteiger partial charge in [0.2, 0.25) is 0 Å². The summed E-state index contributed by atoms with van der Waals surface area (Å²) in [5.74, 6) is 0. The number of anilines is 1. The lowest BCUT2D eigenvalue weighted by Crippen LogP contribution is -1.85. The van der Waals surface area contributed by atoms with Crippen molar-refractivity contribution < 1.29 is 0 Å². The van der Waals surface area contributed by atoms with Gasteiger partial charge in [-0.25, -0.2) is 0 Å². The Morgan fingerprint density at radius 2 is 1.76 bits per heavy atom. The van der Waals surface area contributed by atoms with Crippen molar-refractivity contribution in [2.24, 2.45) is 0 Å². The second-order valence-corrected chi connectivity index (χ2v) is 4.10. The standard InChI is InChI=1S/C15H14N2/c1-16-13-7-8-14-12(9-13)10-15(17-14)11-5-3-2-4-6-11/h2-10,16-17H,1H3. The fraction of sp³-hybridized carbons (Fsp3) is 0.0667. The molecule has 17 heavy (non-hydrogen) atoms. The van der Waals surface area contributed by atoms with Gasteiger partial charge in [0.15, 0.2) is 0 Å². The first kappa shape index (κ1) is 9.97. The molecule has 0 bridgehead atoms. The van der Waals surface area contributed by atoms with Gasteiger partial charge in [0.1, 0.15) is 0 Å². The van der Waals surface area contributed by atoms with Gasteiger partial charge in [-0.2, -0.15) is 0 Å². The van der Waals surface area contributed by atoms with Crippen molar-refractivity contribution in [3.05, 3.63) is 54.6 Å². The molecule has 2 N–H and O–H groups in total. The lowest BCUT2D eigenvalue weighted by atomic mass is 10.1. The van der Waals surface area contributed by atoms with E-state index in [1.165, 1.54) is 16.5 Å². The molecule has 0 fully saturated rings. The van der Waals surface area contributed by atoms with Crippen molar-refractivity contribution in [1.29, 1.82) is 0 Å². The highest BCUT2D eigenvalue weighted by Crippen LogP contribution is 2.25. The summed E-state index contributed by atoms with van der Waals surface area (Å²) in [5.41, 5.74) is 4.68. The van der Waals surface area contributed by atoms with E-state index in [4.69, 9.17) is 0 Å². The molecule has 0 spiro atoms. The first-order valence-corrected chi connectivity index (χ1v) is 5.73. The Balaban J connectivity index is 2.14. The molecule has 0 aliphatic heterocycles. The zero-order valence-electron chi connectivity index (χ0n) is 9.70. The molecule has 0 aliphatic rings. The SMILES string of the molecule is CNc1ccc2[nH]c(-c3ccccc3)cc2c1. The van der Waals surface area contributed by atoms with E-state index in [1.807, 2.05) is 13.1 Å². The normalized spacial score (nSPS) is 10.6. The van der Waals surface area contributed by atoms with Crippen molar-refractivity contribution >= 4 is 16.6 Å².